The van der Waals surface area contributed by atoms with Gasteiger partial charge in [-0.1, -0.05) is 6.92 Å². The lowest BCUT2D eigenvalue weighted by Crippen LogP contribution is -2.35. The first-order valence-corrected chi connectivity index (χ1v) is 10.4. The molecule has 6 heteroatoms. The van der Waals surface area contributed by atoms with Crippen LogP contribution in [0.25, 0.3) is 11.0 Å². The highest BCUT2D eigenvalue weighted by atomic mass is 15.3. The zero-order chi connectivity index (χ0) is 17.9. The maximum Gasteiger partial charge on any atom is 0.163 e. The van der Waals surface area contributed by atoms with Gasteiger partial charge in [0, 0.05) is 26.6 Å². The van der Waals surface area contributed by atoms with Crippen LogP contribution < -0.4 is 4.90 Å². The van der Waals surface area contributed by atoms with E-state index < -0.39 is 0 Å². The summed E-state index contributed by atoms with van der Waals surface area (Å²) in [6.07, 6.45) is 10.6. The average molecular weight is 357 g/mol. The van der Waals surface area contributed by atoms with Gasteiger partial charge in [-0.2, -0.15) is 5.10 Å². The molecule has 0 aromatic carbocycles. The smallest absolute Gasteiger partial charge is 0.163 e. The second-order valence-corrected chi connectivity index (χ2v) is 7.99. The van der Waals surface area contributed by atoms with Crippen LogP contribution in [0, 0.1) is 5.92 Å². The van der Waals surface area contributed by atoms with Crippen LogP contribution in [-0.2, 0) is 13.5 Å². The van der Waals surface area contributed by atoms with Gasteiger partial charge < -0.3 is 9.80 Å². The van der Waals surface area contributed by atoms with Crippen molar-refractivity contribution < 1.29 is 0 Å². The molecule has 0 unspecified atom stereocenters. The monoisotopic (exact) mass is 356 g/mol. The van der Waals surface area contributed by atoms with Crippen LogP contribution in [0.5, 0.6) is 0 Å². The molecule has 0 spiro atoms. The summed E-state index contributed by atoms with van der Waals surface area (Å²) >= 11 is 0. The van der Waals surface area contributed by atoms with Crippen LogP contribution in [0.4, 0.5) is 5.82 Å². The van der Waals surface area contributed by atoms with E-state index in [1.54, 1.807) is 0 Å². The van der Waals surface area contributed by atoms with Crippen LogP contribution >= 0.6 is 0 Å². The molecule has 0 amide bonds. The largest absolute Gasteiger partial charge is 0.356 e. The summed E-state index contributed by atoms with van der Waals surface area (Å²) in [5, 5.41) is 5.52. The Hall–Kier alpha value is -1.69. The molecular weight excluding hydrogens is 324 g/mol. The number of aryl methyl sites for hydroxylation is 2. The standard InChI is InChI=1S/C20H32N6/c1-3-6-18-22-19-17(15-21-24(19)2)20(23-18)26-13-8-16(9-14-26)7-12-25-10-4-5-11-25/h15-16H,3-14H2,1-2H3. The van der Waals surface area contributed by atoms with Crippen molar-refractivity contribution in [3.8, 4) is 0 Å². The molecule has 6 nitrogen and oxygen atoms in total. The van der Waals surface area contributed by atoms with Crippen molar-refractivity contribution in [2.24, 2.45) is 13.0 Å². The Morgan fingerprint density at radius 1 is 1.08 bits per heavy atom. The average Bonchev–Trinajstić information content (AvgIpc) is 3.31. The van der Waals surface area contributed by atoms with Crippen molar-refractivity contribution in [2.45, 2.75) is 51.9 Å². The molecule has 0 saturated carbocycles. The topological polar surface area (TPSA) is 50.1 Å². The van der Waals surface area contributed by atoms with Crippen LogP contribution in [-0.4, -0.2) is 57.4 Å². The number of fused-ring (bicyclic) bond motifs is 1. The molecule has 0 N–H and O–H groups in total. The number of nitrogens with zero attached hydrogens (tertiary/aromatic N) is 6. The maximum absolute atomic E-state index is 4.91. The van der Waals surface area contributed by atoms with Crippen molar-refractivity contribution >= 4 is 16.9 Å². The van der Waals surface area contributed by atoms with Gasteiger partial charge in [-0.3, -0.25) is 4.68 Å². The Kier molecular flexibility index (Phi) is 5.38. The summed E-state index contributed by atoms with van der Waals surface area (Å²) in [5.41, 5.74) is 0.967. The van der Waals surface area contributed by atoms with E-state index in [9.17, 15) is 0 Å². The number of piperidine rings is 1. The van der Waals surface area contributed by atoms with Crippen LogP contribution in [0.1, 0.15) is 51.3 Å². The Balaban J connectivity index is 1.43. The molecule has 0 atom stereocenters. The minimum Gasteiger partial charge on any atom is -0.356 e. The molecule has 0 bridgehead atoms. The van der Waals surface area contributed by atoms with Crippen LogP contribution in [0.2, 0.25) is 0 Å². The number of hydrogen-bond acceptors (Lipinski definition) is 5. The fourth-order valence-electron chi connectivity index (χ4n) is 4.43. The third-order valence-corrected chi connectivity index (χ3v) is 6.06. The fraction of sp³-hybridized carbons (Fsp3) is 0.750. The summed E-state index contributed by atoms with van der Waals surface area (Å²) in [6.45, 7) is 8.33. The maximum atomic E-state index is 4.91. The second kappa shape index (κ2) is 7.91. The molecule has 2 fully saturated rings. The fourth-order valence-corrected chi connectivity index (χ4v) is 4.43. The molecule has 2 saturated heterocycles. The lowest BCUT2D eigenvalue weighted by Gasteiger charge is -2.33. The van der Waals surface area contributed by atoms with Crippen molar-refractivity contribution in [3.63, 3.8) is 0 Å². The van der Waals surface area contributed by atoms with Crippen LogP contribution in [0.15, 0.2) is 6.20 Å². The molecular formula is C20H32N6. The van der Waals surface area contributed by atoms with Gasteiger partial charge in [-0.05, 0) is 64.1 Å². The third kappa shape index (κ3) is 3.70. The van der Waals surface area contributed by atoms with E-state index in [-0.39, 0.29) is 0 Å². The van der Waals surface area contributed by atoms with Gasteiger partial charge in [0.15, 0.2) is 5.65 Å². The van der Waals surface area contributed by atoms with E-state index >= 15 is 0 Å². The lowest BCUT2D eigenvalue weighted by molar-refractivity contribution is 0.280. The second-order valence-electron chi connectivity index (χ2n) is 7.99. The minimum atomic E-state index is 0.869. The molecule has 4 rings (SSSR count). The normalized spacial score (nSPS) is 19.7. The molecule has 4 heterocycles. The van der Waals surface area contributed by atoms with E-state index in [4.69, 9.17) is 9.97 Å². The molecule has 26 heavy (non-hydrogen) atoms. The molecule has 0 aliphatic carbocycles. The van der Waals surface area contributed by atoms with Gasteiger partial charge in [0.2, 0.25) is 0 Å². The van der Waals surface area contributed by atoms with Crippen molar-refractivity contribution in [3.05, 3.63) is 12.0 Å². The molecule has 2 aliphatic rings. The summed E-state index contributed by atoms with van der Waals surface area (Å²) < 4.78 is 1.88. The molecule has 2 aliphatic heterocycles. The van der Waals surface area contributed by atoms with Gasteiger partial charge in [-0.15, -0.1) is 0 Å². The Morgan fingerprint density at radius 2 is 1.85 bits per heavy atom. The van der Waals surface area contributed by atoms with Gasteiger partial charge in [0.05, 0.1) is 11.6 Å². The number of rotatable bonds is 6. The molecule has 2 aromatic rings. The lowest BCUT2D eigenvalue weighted by atomic mass is 9.93. The Bertz CT molecular complexity index is 725. The summed E-state index contributed by atoms with van der Waals surface area (Å²) in [7, 11) is 1.97. The number of hydrogen-bond donors (Lipinski definition) is 0. The van der Waals surface area contributed by atoms with Crippen LogP contribution in [0.3, 0.4) is 0 Å². The highest BCUT2D eigenvalue weighted by Gasteiger charge is 2.24. The van der Waals surface area contributed by atoms with Gasteiger partial charge in [0.1, 0.15) is 11.6 Å². The predicted molar refractivity (Wildman–Crippen MR) is 106 cm³/mol. The zero-order valence-corrected chi connectivity index (χ0v) is 16.3. The first-order chi connectivity index (χ1) is 12.7. The van der Waals surface area contributed by atoms with E-state index in [2.05, 4.69) is 21.8 Å². The molecule has 142 valence electrons. The van der Waals surface area contributed by atoms with Crippen molar-refractivity contribution in [1.29, 1.82) is 0 Å². The SMILES string of the molecule is CCCc1nc(N2CCC(CCN3CCCC3)CC2)c2cnn(C)c2n1. The molecule has 2 aromatic heterocycles. The number of anilines is 1. The third-order valence-electron chi connectivity index (χ3n) is 6.06. The highest BCUT2D eigenvalue weighted by molar-refractivity contribution is 5.87. The summed E-state index contributed by atoms with van der Waals surface area (Å²) in [6, 6.07) is 0. The van der Waals surface area contributed by atoms with Gasteiger partial charge in [-0.25, -0.2) is 9.97 Å². The zero-order valence-electron chi connectivity index (χ0n) is 16.3. The van der Waals surface area contributed by atoms with E-state index in [0.717, 1.165) is 54.5 Å². The van der Waals surface area contributed by atoms with Gasteiger partial charge in [0.25, 0.3) is 0 Å². The quantitative estimate of drug-likeness (QED) is 0.796. The van der Waals surface area contributed by atoms with E-state index in [0.29, 0.717) is 0 Å². The first kappa shape index (κ1) is 17.7. The van der Waals surface area contributed by atoms with Crippen molar-refractivity contribution in [2.75, 3.05) is 37.6 Å². The Morgan fingerprint density at radius 3 is 2.58 bits per heavy atom. The Labute approximate surface area is 156 Å². The minimum absolute atomic E-state index is 0.869. The van der Waals surface area contributed by atoms with E-state index in [1.165, 1.54) is 51.7 Å². The number of likely N-dealkylation sites (tertiary alicyclic amines) is 1. The summed E-state index contributed by atoms with van der Waals surface area (Å²) in [5.74, 6) is 2.92. The first-order valence-electron chi connectivity index (χ1n) is 10.4. The van der Waals surface area contributed by atoms with E-state index in [1.807, 2.05) is 17.9 Å². The number of aromatic nitrogens is 4. The molecule has 0 radical (unpaired) electrons. The summed E-state index contributed by atoms with van der Waals surface area (Å²) in [4.78, 5) is 14.8. The van der Waals surface area contributed by atoms with Crippen molar-refractivity contribution in [1.82, 2.24) is 24.6 Å². The van der Waals surface area contributed by atoms with Gasteiger partial charge >= 0.3 is 0 Å². The predicted octanol–water partition coefficient (Wildman–Crippen LogP) is 3.02. The highest BCUT2D eigenvalue weighted by Crippen LogP contribution is 2.29.